The van der Waals surface area contributed by atoms with Gasteiger partial charge in [-0.1, -0.05) is 15.9 Å². The summed E-state index contributed by atoms with van der Waals surface area (Å²) in [6, 6.07) is 0. The first-order valence-corrected chi connectivity index (χ1v) is 2.73. The van der Waals surface area contributed by atoms with Gasteiger partial charge in [0.1, 0.15) is 0 Å². The molecule has 1 radical (unpaired) electrons. The molecule has 0 saturated carbocycles. The van der Waals surface area contributed by atoms with Gasteiger partial charge in [-0.15, -0.1) is 0 Å². The molecule has 0 aliphatic heterocycles. The first-order chi connectivity index (χ1) is 2.56. The summed E-state index contributed by atoms with van der Waals surface area (Å²) >= 11 is 6.12. The van der Waals surface area contributed by atoms with Crippen LogP contribution in [0, 0.1) is 0 Å². The van der Waals surface area contributed by atoms with Crippen LogP contribution in [0.4, 0.5) is 8.78 Å². The topological polar surface area (TPSA) is 0 Å². The van der Waals surface area contributed by atoms with Crippen molar-refractivity contribution in [2.24, 2.45) is 0 Å². The third-order valence-electron chi connectivity index (χ3n) is 0.156. The molecule has 37 valence electrons. The molecule has 0 N–H and O–H groups in total. The molecule has 0 atom stereocenters. The molecule has 0 fully saturated rings. The Morgan fingerprint density at radius 2 is 1.83 bits per heavy atom. The second kappa shape index (κ2) is 2.12. The van der Waals surface area contributed by atoms with E-state index in [1.165, 1.54) is 0 Å². The van der Waals surface area contributed by atoms with Gasteiger partial charge in [0.25, 0.3) is 0 Å². The Morgan fingerprint density at radius 1 is 1.67 bits per heavy atom. The first-order valence-electron chi connectivity index (χ1n) is 1.20. The molecule has 0 aromatic carbocycles. The Hall–Kier alpha value is 0.690. The minimum absolute atomic E-state index is 0.435. The van der Waals surface area contributed by atoms with Gasteiger partial charge in [-0.2, -0.15) is 8.78 Å². The molecule has 0 spiro atoms. The molecule has 0 bridgehead atoms. The van der Waals surface area contributed by atoms with Crippen LogP contribution in [0.2, 0.25) is 0 Å². The number of hydrogen-bond donors (Lipinski definition) is 0. The molecule has 0 unspecified atom stereocenters. The lowest BCUT2D eigenvalue weighted by Gasteiger charge is -1.97. The second-order valence-electron chi connectivity index (χ2n) is 0.771. The minimum Gasteiger partial charge on any atom is -0.192 e. The molecule has 4 heteroatoms. The van der Waals surface area contributed by atoms with E-state index in [9.17, 15) is 8.78 Å². The zero-order chi connectivity index (χ0) is 5.21. The number of halogens is 3. The quantitative estimate of drug-likeness (QED) is 0.537. The molecule has 0 aromatic heterocycles. The summed E-state index contributed by atoms with van der Waals surface area (Å²) in [5.41, 5.74) is 0. The van der Waals surface area contributed by atoms with E-state index < -0.39 is 10.6 Å². The smallest absolute Gasteiger partial charge is 0.192 e. The Kier molecular flexibility index (Phi) is 2.36. The maximum atomic E-state index is 11.2. The van der Waals surface area contributed by atoms with Crippen molar-refractivity contribution in [3.63, 3.8) is 0 Å². The van der Waals surface area contributed by atoms with Gasteiger partial charge in [-0.3, -0.25) is 0 Å². The summed E-state index contributed by atoms with van der Waals surface area (Å²) in [6.07, 6.45) is 0. The molecule has 0 saturated heterocycles. The van der Waals surface area contributed by atoms with Crippen LogP contribution >= 0.6 is 28.6 Å². The van der Waals surface area contributed by atoms with E-state index in [0.29, 0.717) is 0 Å². The van der Waals surface area contributed by atoms with E-state index in [2.05, 4.69) is 28.6 Å². The van der Waals surface area contributed by atoms with E-state index in [1.807, 2.05) is 0 Å². The van der Waals surface area contributed by atoms with Crippen LogP contribution in [0.15, 0.2) is 0 Å². The van der Waals surface area contributed by atoms with Crippen LogP contribution in [0.3, 0.4) is 0 Å². The maximum absolute atomic E-state index is 11.2. The van der Waals surface area contributed by atoms with Crippen LogP contribution in [0.5, 0.6) is 0 Å². The lowest BCUT2D eigenvalue weighted by Crippen LogP contribution is -2.05. The van der Waals surface area contributed by atoms with Crippen molar-refractivity contribution in [1.82, 2.24) is 0 Å². The van der Waals surface area contributed by atoms with Gasteiger partial charge in [0, 0.05) is 0 Å². The van der Waals surface area contributed by atoms with Crippen LogP contribution in [-0.4, -0.2) is 10.6 Å². The zero-order valence-electron chi connectivity index (χ0n) is 2.75. The van der Waals surface area contributed by atoms with Crippen molar-refractivity contribution in [3.8, 4) is 0 Å². The van der Waals surface area contributed by atoms with Crippen molar-refractivity contribution < 1.29 is 8.78 Å². The largest absolute Gasteiger partial charge is 0.313 e. The summed E-state index contributed by atoms with van der Waals surface area (Å²) in [6.45, 7) is 0. The van der Waals surface area contributed by atoms with E-state index in [-0.39, 0.29) is 0 Å². The van der Waals surface area contributed by atoms with Gasteiger partial charge >= 0.3 is 5.25 Å². The van der Waals surface area contributed by atoms with Gasteiger partial charge in [-0.25, -0.2) is 0 Å². The molecular weight excluding hydrogens is 174 g/mol. The summed E-state index contributed by atoms with van der Waals surface area (Å²) in [4.78, 5) is 0. The fourth-order valence-corrected chi connectivity index (χ4v) is 0. The summed E-state index contributed by atoms with van der Waals surface area (Å²) in [5, 5.41) is -3.39. The van der Waals surface area contributed by atoms with Gasteiger partial charge in [0.15, 0.2) is 0 Å². The molecule has 0 amide bonds. The zero-order valence-corrected chi connectivity index (χ0v) is 5.15. The highest BCUT2D eigenvalue weighted by atomic mass is 79.9. The standard InChI is InChI=1S/C2H2BrF2S/c3-1-2(4,5)6/h1H2. The van der Waals surface area contributed by atoms with E-state index in [1.54, 1.807) is 0 Å². The summed E-state index contributed by atoms with van der Waals surface area (Å²) in [7, 11) is 0. The monoisotopic (exact) mass is 175 g/mol. The highest BCUT2D eigenvalue weighted by molar-refractivity contribution is 9.09. The van der Waals surface area contributed by atoms with Gasteiger partial charge in [0.05, 0.1) is 5.33 Å². The minimum atomic E-state index is -2.96. The third-order valence-corrected chi connectivity index (χ3v) is 1.38. The molecule has 0 nitrogen and oxygen atoms in total. The third kappa shape index (κ3) is 4.69. The lowest BCUT2D eigenvalue weighted by molar-refractivity contribution is 0.138. The van der Waals surface area contributed by atoms with E-state index in [0.717, 1.165) is 0 Å². The van der Waals surface area contributed by atoms with Gasteiger partial charge in [0.2, 0.25) is 0 Å². The van der Waals surface area contributed by atoms with Crippen LogP contribution in [-0.2, 0) is 0 Å². The van der Waals surface area contributed by atoms with Crippen molar-refractivity contribution >= 4 is 28.6 Å². The summed E-state index contributed by atoms with van der Waals surface area (Å²) < 4.78 is 22.4. The average Bonchev–Trinajstić information content (AvgIpc) is 1.35. The fourth-order valence-electron chi connectivity index (χ4n) is 0. The molecule has 0 aromatic rings. The Labute approximate surface area is 48.5 Å². The van der Waals surface area contributed by atoms with Crippen LogP contribution in [0.1, 0.15) is 0 Å². The molecule has 0 heterocycles. The Balaban J connectivity index is 3.17. The normalized spacial score (nSPS) is 12.0. The van der Waals surface area contributed by atoms with Crippen molar-refractivity contribution in [1.29, 1.82) is 0 Å². The molecule has 0 aliphatic carbocycles. The van der Waals surface area contributed by atoms with E-state index >= 15 is 0 Å². The first kappa shape index (κ1) is 6.69. The predicted octanol–water partition coefficient (Wildman–Crippen LogP) is 2.17. The number of alkyl halides is 3. The molecule has 0 aliphatic rings. The van der Waals surface area contributed by atoms with Crippen molar-refractivity contribution in [2.45, 2.75) is 5.25 Å². The summed E-state index contributed by atoms with van der Waals surface area (Å²) in [5.74, 6) is 0. The van der Waals surface area contributed by atoms with Gasteiger partial charge in [-0.05, 0) is 12.6 Å². The Bertz CT molecular complexity index is 41.3. The van der Waals surface area contributed by atoms with E-state index in [4.69, 9.17) is 0 Å². The number of hydrogen-bond acceptors (Lipinski definition) is 0. The SMILES string of the molecule is FC(F)([S])CBr. The highest BCUT2D eigenvalue weighted by Gasteiger charge is 2.20. The highest BCUT2D eigenvalue weighted by Crippen LogP contribution is 2.19. The van der Waals surface area contributed by atoms with Gasteiger partial charge < -0.3 is 0 Å². The average molecular weight is 176 g/mol. The molecule has 6 heavy (non-hydrogen) atoms. The second-order valence-corrected chi connectivity index (χ2v) is 1.93. The lowest BCUT2D eigenvalue weighted by atomic mass is 10.8. The van der Waals surface area contributed by atoms with Crippen molar-refractivity contribution in [3.05, 3.63) is 0 Å². The predicted molar refractivity (Wildman–Crippen MR) is 26.3 cm³/mol. The fraction of sp³-hybridized carbons (Fsp3) is 1.00. The van der Waals surface area contributed by atoms with Crippen molar-refractivity contribution in [2.75, 3.05) is 5.33 Å². The molecular formula is C2H2BrF2S. The number of rotatable bonds is 1. The molecule has 0 rings (SSSR count). The van der Waals surface area contributed by atoms with Crippen LogP contribution < -0.4 is 0 Å². The Morgan fingerprint density at radius 3 is 1.83 bits per heavy atom. The maximum Gasteiger partial charge on any atom is 0.313 e. The van der Waals surface area contributed by atoms with Crippen LogP contribution in [0.25, 0.3) is 0 Å².